The molecule has 0 aliphatic rings. The van der Waals surface area contributed by atoms with E-state index in [4.69, 9.17) is 4.52 Å². The molecule has 96 valence electrons. The molecule has 0 unspecified atom stereocenters. The first-order valence-corrected chi connectivity index (χ1v) is 6.53. The van der Waals surface area contributed by atoms with Gasteiger partial charge in [0, 0.05) is 15.6 Å². The minimum absolute atomic E-state index is 0.0986. The fourth-order valence-electron chi connectivity index (χ4n) is 1.58. The standard InChI is InChI=1S/C13H16BrN3O/c1-8-7-9(14)5-6-10(8)11-15-12(18-17-11)16-13(2,3)4/h5-7H,1-4H3,(H,15,16,17). The van der Waals surface area contributed by atoms with E-state index in [2.05, 4.69) is 31.4 Å². The van der Waals surface area contributed by atoms with Crippen LogP contribution in [0.5, 0.6) is 0 Å². The predicted octanol–water partition coefficient (Wildman–Crippen LogP) is 4.02. The van der Waals surface area contributed by atoms with Gasteiger partial charge in [-0.25, -0.2) is 0 Å². The Morgan fingerprint density at radius 1 is 1.28 bits per heavy atom. The normalized spacial score (nSPS) is 11.6. The molecule has 0 aliphatic heterocycles. The van der Waals surface area contributed by atoms with Crippen LogP contribution in [-0.4, -0.2) is 15.7 Å². The molecule has 0 spiro atoms. The number of halogens is 1. The van der Waals surface area contributed by atoms with Crippen molar-refractivity contribution in [2.24, 2.45) is 0 Å². The summed E-state index contributed by atoms with van der Waals surface area (Å²) in [6, 6.07) is 6.42. The maximum Gasteiger partial charge on any atom is 0.322 e. The van der Waals surface area contributed by atoms with Gasteiger partial charge in [0.15, 0.2) is 0 Å². The predicted molar refractivity (Wildman–Crippen MR) is 75.5 cm³/mol. The lowest BCUT2D eigenvalue weighted by Gasteiger charge is -2.17. The first kappa shape index (κ1) is 13.1. The van der Waals surface area contributed by atoms with Crippen molar-refractivity contribution in [3.8, 4) is 11.4 Å². The Hall–Kier alpha value is -1.36. The zero-order valence-electron chi connectivity index (χ0n) is 10.9. The van der Waals surface area contributed by atoms with Crippen LogP contribution < -0.4 is 5.32 Å². The van der Waals surface area contributed by atoms with E-state index in [0.29, 0.717) is 11.8 Å². The molecule has 0 aliphatic carbocycles. The lowest BCUT2D eigenvalue weighted by molar-refractivity contribution is 0.420. The molecule has 5 heteroatoms. The Morgan fingerprint density at radius 2 is 2.00 bits per heavy atom. The second-order valence-corrected chi connectivity index (χ2v) is 6.17. The van der Waals surface area contributed by atoms with Gasteiger partial charge in [-0.05, 0) is 51.5 Å². The summed E-state index contributed by atoms with van der Waals surface area (Å²) in [5.74, 6) is 0.603. The Bertz CT molecular complexity index is 558. The third-order valence-corrected chi connectivity index (χ3v) is 2.83. The third kappa shape index (κ3) is 3.10. The van der Waals surface area contributed by atoms with Crippen molar-refractivity contribution in [3.05, 3.63) is 28.2 Å². The van der Waals surface area contributed by atoms with Crippen LogP contribution in [0.15, 0.2) is 27.2 Å². The number of benzene rings is 1. The lowest BCUT2D eigenvalue weighted by Crippen LogP contribution is -2.26. The molecule has 0 fully saturated rings. The largest absolute Gasteiger partial charge is 0.333 e. The van der Waals surface area contributed by atoms with Crippen LogP contribution in [0.3, 0.4) is 0 Å². The first-order chi connectivity index (χ1) is 8.35. The number of aryl methyl sites for hydroxylation is 1. The van der Waals surface area contributed by atoms with Crippen LogP contribution in [0.1, 0.15) is 26.3 Å². The molecule has 1 aromatic carbocycles. The Labute approximate surface area is 115 Å². The Morgan fingerprint density at radius 3 is 2.61 bits per heavy atom. The minimum atomic E-state index is -0.0986. The van der Waals surface area contributed by atoms with Crippen LogP contribution in [0, 0.1) is 6.92 Å². The molecule has 0 amide bonds. The molecular formula is C13H16BrN3O. The second kappa shape index (κ2) is 4.72. The number of nitrogens with one attached hydrogen (secondary N) is 1. The highest BCUT2D eigenvalue weighted by Gasteiger charge is 2.16. The van der Waals surface area contributed by atoms with Gasteiger partial charge in [-0.2, -0.15) is 4.98 Å². The average Bonchev–Trinajstić information content (AvgIpc) is 2.63. The summed E-state index contributed by atoms with van der Waals surface area (Å²) < 4.78 is 6.24. The number of aromatic nitrogens is 2. The summed E-state index contributed by atoms with van der Waals surface area (Å²) in [5, 5.41) is 7.15. The number of hydrogen-bond donors (Lipinski definition) is 1. The van der Waals surface area contributed by atoms with E-state index in [9.17, 15) is 0 Å². The van der Waals surface area contributed by atoms with Gasteiger partial charge in [-0.1, -0.05) is 21.1 Å². The Balaban J connectivity index is 2.29. The van der Waals surface area contributed by atoms with Crippen molar-refractivity contribution in [1.82, 2.24) is 10.1 Å². The van der Waals surface area contributed by atoms with Crippen LogP contribution in [0.2, 0.25) is 0 Å². The quantitative estimate of drug-likeness (QED) is 0.910. The molecular weight excluding hydrogens is 294 g/mol. The maximum absolute atomic E-state index is 5.20. The number of anilines is 1. The molecule has 0 bridgehead atoms. The van der Waals surface area contributed by atoms with Crippen molar-refractivity contribution in [3.63, 3.8) is 0 Å². The van der Waals surface area contributed by atoms with Gasteiger partial charge in [-0.15, -0.1) is 0 Å². The zero-order chi connectivity index (χ0) is 13.3. The van der Waals surface area contributed by atoms with E-state index >= 15 is 0 Å². The van der Waals surface area contributed by atoms with Crippen molar-refractivity contribution in [1.29, 1.82) is 0 Å². The fourth-order valence-corrected chi connectivity index (χ4v) is 2.06. The van der Waals surface area contributed by atoms with Crippen molar-refractivity contribution < 1.29 is 4.52 Å². The maximum atomic E-state index is 5.20. The van der Waals surface area contributed by atoms with Crippen molar-refractivity contribution in [2.45, 2.75) is 33.2 Å². The molecule has 1 aromatic heterocycles. The first-order valence-electron chi connectivity index (χ1n) is 5.73. The van der Waals surface area contributed by atoms with Crippen molar-refractivity contribution >= 4 is 21.9 Å². The molecule has 4 nitrogen and oxygen atoms in total. The molecule has 1 N–H and O–H groups in total. The van der Waals surface area contributed by atoms with Gasteiger partial charge in [-0.3, -0.25) is 0 Å². The third-order valence-electron chi connectivity index (χ3n) is 2.34. The summed E-state index contributed by atoms with van der Waals surface area (Å²) >= 11 is 3.44. The van der Waals surface area contributed by atoms with Gasteiger partial charge < -0.3 is 9.84 Å². The van der Waals surface area contributed by atoms with Gasteiger partial charge >= 0.3 is 6.01 Å². The summed E-state index contributed by atoms with van der Waals surface area (Å²) in [6.45, 7) is 8.15. The van der Waals surface area contributed by atoms with E-state index in [1.807, 2.05) is 45.9 Å². The summed E-state index contributed by atoms with van der Waals surface area (Å²) in [6.07, 6.45) is 0. The highest BCUT2D eigenvalue weighted by molar-refractivity contribution is 9.10. The minimum Gasteiger partial charge on any atom is -0.333 e. The number of rotatable bonds is 2. The summed E-state index contributed by atoms with van der Waals surface area (Å²) in [5.41, 5.74) is 1.98. The Kier molecular flexibility index (Phi) is 3.43. The average molecular weight is 310 g/mol. The lowest BCUT2D eigenvalue weighted by atomic mass is 10.1. The van der Waals surface area contributed by atoms with Gasteiger partial charge in [0.1, 0.15) is 0 Å². The fraction of sp³-hybridized carbons (Fsp3) is 0.385. The van der Waals surface area contributed by atoms with E-state index in [1.165, 1.54) is 0 Å². The smallest absolute Gasteiger partial charge is 0.322 e. The molecule has 1 heterocycles. The molecule has 0 radical (unpaired) electrons. The molecule has 2 aromatic rings. The van der Waals surface area contributed by atoms with Crippen LogP contribution in [-0.2, 0) is 0 Å². The highest BCUT2D eigenvalue weighted by atomic mass is 79.9. The van der Waals surface area contributed by atoms with Crippen molar-refractivity contribution in [2.75, 3.05) is 5.32 Å². The van der Waals surface area contributed by atoms with Gasteiger partial charge in [0.05, 0.1) is 0 Å². The SMILES string of the molecule is Cc1cc(Br)ccc1-c1noc(NC(C)(C)C)n1. The van der Waals surface area contributed by atoms with E-state index in [0.717, 1.165) is 15.6 Å². The van der Waals surface area contributed by atoms with Gasteiger partial charge in [0.25, 0.3) is 0 Å². The number of hydrogen-bond acceptors (Lipinski definition) is 4. The van der Waals surface area contributed by atoms with Crippen LogP contribution >= 0.6 is 15.9 Å². The van der Waals surface area contributed by atoms with E-state index in [-0.39, 0.29) is 5.54 Å². The molecule has 0 saturated carbocycles. The summed E-state index contributed by atoms with van der Waals surface area (Å²) in [7, 11) is 0. The molecule has 0 saturated heterocycles. The molecule has 0 atom stereocenters. The van der Waals surface area contributed by atoms with Crippen LogP contribution in [0.4, 0.5) is 6.01 Å². The topological polar surface area (TPSA) is 51.0 Å². The highest BCUT2D eigenvalue weighted by Crippen LogP contribution is 2.25. The van der Waals surface area contributed by atoms with E-state index in [1.54, 1.807) is 0 Å². The molecule has 2 rings (SSSR count). The number of nitrogens with zero attached hydrogens (tertiary/aromatic N) is 2. The van der Waals surface area contributed by atoms with E-state index < -0.39 is 0 Å². The van der Waals surface area contributed by atoms with Crippen LogP contribution in [0.25, 0.3) is 11.4 Å². The second-order valence-electron chi connectivity index (χ2n) is 5.26. The summed E-state index contributed by atoms with van der Waals surface area (Å²) in [4.78, 5) is 4.35. The zero-order valence-corrected chi connectivity index (χ0v) is 12.5. The van der Waals surface area contributed by atoms with Gasteiger partial charge in [0.2, 0.25) is 5.82 Å². The molecule has 18 heavy (non-hydrogen) atoms. The monoisotopic (exact) mass is 309 g/mol.